The first-order valence-corrected chi connectivity index (χ1v) is 8.03. The molecule has 0 radical (unpaired) electrons. The van der Waals surface area contributed by atoms with Gasteiger partial charge in [-0.15, -0.1) is 0 Å². The van der Waals surface area contributed by atoms with Crippen LogP contribution in [0.1, 0.15) is 28.6 Å². The Morgan fingerprint density at radius 1 is 1.17 bits per heavy atom. The summed E-state index contributed by atoms with van der Waals surface area (Å²) in [6.45, 7) is 3.10. The highest BCUT2D eigenvalue weighted by Gasteiger charge is 2.11. The minimum Gasteiger partial charge on any atom is -0.387 e. The minimum absolute atomic E-state index is 0.467. The molecule has 122 valence electrons. The third kappa shape index (κ3) is 3.18. The summed E-state index contributed by atoms with van der Waals surface area (Å²) in [4.78, 5) is 0. The van der Waals surface area contributed by atoms with Crippen LogP contribution in [-0.4, -0.2) is 16.2 Å². The van der Waals surface area contributed by atoms with Gasteiger partial charge in [0.25, 0.3) is 0 Å². The molecule has 2 N–H and O–H groups in total. The Balaban J connectivity index is 1.64. The van der Waals surface area contributed by atoms with Gasteiger partial charge >= 0.3 is 0 Å². The lowest BCUT2D eigenvalue weighted by Crippen LogP contribution is -2.21. The lowest BCUT2D eigenvalue weighted by molar-refractivity contribution is 0.174. The summed E-state index contributed by atoms with van der Waals surface area (Å²) in [7, 11) is 1.89. The molecule has 3 aromatic rings. The molecule has 0 spiro atoms. The molecule has 0 saturated carbocycles. The lowest BCUT2D eigenvalue weighted by atomic mass is 10.0. The second-order valence-corrected chi connectivity index (χ2v) is 6.06. The monoisotopic (exact) mass is 319 g/mol. The first kappa shape index (κ1) is 16.3. The molecular weight excluding hydrogens is 298 g/mol. The zero-order valence-corrected chi connectivity index (χ0v) is 14.0. The van der Waals surface area contributed by atoms with E-state index in [9.17, 15) is 5.11 Å². The summed E-state index contributed by atoms with van der Waals surface area (Å²) >= 11 is 0. The molecule has 0 aliphatic carbocycles. The first-order valence-electron chi connectivity index (χ1n) is 8.03. The number of hydrogen-bond donors (Lipinski definition) is 2. The quantitative estimate of drug-likeness (QED) is 0.759. The van der Waals surface area contributed by atoms with E-state index in [0.717, 1.165) is 22.2 Å². The Morgan fingerprint density at radius 2 is 1.92 bits per heavy atom. The average molecular weight is 319 g/mol. The van der Waals surface area contributed by atoms with Crippen LogP contribution in [0, 0.1) is 18.3 Å². The number of aliphatic hydroxyl groups excluding tert-OH is 1. The maximum absolute atomic E-state index is 10.4. The van der Waals surface area contributed by atoms with Gasteiger partial charge < -0.3 is 15.0 Å². The molecular formula is C20H21N3O. The number of nitrogens with zero attached hydrogens (tertiary/aromatic N) is 2. The zero-order chi connectivity index (χ0) is 17.1. The molecule has 0 amide bonds. The number of hydrogen-bond acceptors (Lipinski definition) is 3. The van der Waals surface area contributed by atoms with Crippen molar-refractivity contribution < 1.29 is 5.11 Å². The van der Waals surface area contributed by atoms with E-state index in [-0.39, 0.29) is 0 Å². The van der Waals surface area contributed by atoms with E-state index >= 15 is 0 Å². The van der Waals surface area contributed by atoms with Crippen molar-refractivity contribution in [3.8, 4) is 6.07 Å². The van der Waals surface area contributed by atoms with Crippen LogP contribution in [0.4, 0.5) is 0 Å². The molecule has 1 aromatic heterocycles. The molecule has 0 bridgehead atoms. The molecule has 3 rings (SSSR count). The van der Waals surface area contributed by atoms with Crippen LogP contribution in [0.5, 0.6) is 0 Å². The number of nitrogens with one attached hydrogen (secondary N) is 1. The van der Waals surface area contributed by atoms with Gasteiger partial charge in [0.15, 0.2) is 0 Å². The van der Waals surface area contributed by atoms with Crippen molar-refractivity contribution in [1.29, 1.82) is 5.26 Å². The van der Waals surface area contributed by atoms with E-state index in [1.807, 2.05) is 54.9 Å². The summed E-state index contributed by atoms with van der Waals surface area (Å²) in [5, 5.41) is 25.1. The van der Waals surface area contributed by atoms with Gasteiger partial charge in [-0.3, -0.25) is 0 Å². The fourth-order valence-electron chi connectivity index (χ4n) is 2.93. The van der Waals surface area contributed by atoms with Crippen molar-refractivity contribution in [2.24, 2.45) is 7.05 Å². The number of fused-ring (bicyclic) bond motifs is 1. The smallest absolute Gasteiger partial charge is 0.120 e. The van der Waals surface area contributed by atoms with Crippen molar-refractivity contribution in [2.75, 3.05) is 6.54 Å². The Morgan fingerprint density at radius 3 is 2.62 bits per heavy atom. The third-order valence-corrected chi connectivity index (χ3v) is 4.57. The maximum atomic E-state index is 10.4. The van der Waals surface area contributed by atoms with Crippen molar-refractivity contribution in [1.82, 2.24) is 9.88 Å². The molecule has 24 heavy (non-hydrogen) atoms. The van der Waals surface area contributed by atoms with Gasteiger partial charge in [-0.05, 0) is 41.0 Å². The summed E-state index contributed by atoms with van der Waals surface area (Å²) in [5.41, 5.74) is 3.71. The molecule has 4 heteroatoms. The van der Waals surface area contributed by atoms with Gasteiger partial charge in [-0.2, -0.15) is 5.26 Å². The predicted octanol–water partition coefficient (Wildman–Crippen LogP) is 3.18. The van der Waals surface area contributed by atoms with Gasteiger partial charge in [0, 0.05) is 25.8 Å². The molecule has 2 aromatic carbocycles. The van der Waals surface area contributed by atoms with Gasteiger partial charge in [-0.25, -0.2) is 0 Å². The Bertz CT molecular complexity index is 905. The molecule has 1 unspecified atom stereocenters. The SMILES string of the molecule is Cc1c(CNCC(O)c2ccc3ccccc3c2)cc(C#N)n1C. The third-order valence-electron chi connectivity index (χ3n) is 4.57. The zero-order valence-electron chi connectivity index (χ0n) is 14.0. The normalized spacial score (nSPS) is 12.2. The van der Waals surface area contributed by atoms with Crippen LogP contribution >= 0.6 is 0 Å². The highest BCUT2D eigenvalue weighted by molar-refractivity contribution is 5.83. The summed E-state index contributed by atoms with van der Waals surface area (Å²) in [6.07, 6.45) is -0.561. The Labute approximate surface area is 142 Å². The predicted molar refractivity (Wildman–Crippen MR) is 95.5 cm³/mol. The van der Waals surface area contributed by atoms with Crippen molar-refractivity contribution in [3.63, 3.8) is 0 Å². The maximum Gasteiger partial charge on any atom is 0.120 e. The standard InChI is InChI=1S/C20H21N3O/c1-14-18(10-19(11-21)23(14)2)12-22-13-20(24)17-8-7-15-5-3-4-6-16(15)9-17/h3-10,20,22,24H,12-13H2,1-2H3. The van der Waals surface area contributed by atoms with Crippen molar-refractivity contribution >= 4 is 10.8 Å². The highest BCUT2D eigenvalue weighted by atomic mass is 16.3. The number of aliphatic hydroxyl groups is 1. The van der Waals surface area contributed by atoms with E-state index in [0.29, 0.717) is 18.8 Å². The Hall–Kier alpha value is -2.61. The van der Waals surface area contributed by atoms with Crippen molar-refractivity contribution in [3.05, 3.63) is 71.0 Å². The molecule has 0 saturated heterocycles. The van der Waals surface area contributed by atoms with E-state index in [1.165, 1.54) is 5.39 Å². The van der Waals surface area contributed by atoms with Crippen LogP contribution < -0.4 is 5.32 Å². The Kier molecular flexibility index (Phi) is 4.66. The largest absolute Gasteiger partial charge is 0.387 e. The van der Waals surface area contributed by atoms with E-state index in [4.69, 9.17) is 5.26 Å². The van der Waals surface area contributed by atoms with Crippen LogP contribution in [-0.2, 0) is 13.6 Å². The van der Waals surface area contributed by atoms with E-state index < -0.39 is 6.10 Å². The number of nitriles is 1. The molecule has 1 heterocycles. The topological polar surface area (TPSA) is 61.0 Å². The summed E-state index contributed by atoms with van der Waals surface area (Å²) in [6, 6.07) is 18.2. The van der Waals surface area contributed by atoms with Gasteiger partial charge in [0.05, 0.1) is 6.10 Å². The van der Waals surface area contributed by atoms with Crippen LogP contribution in [0.15, 0.2) is 48.5 Å². The van der Waals surface area contributed by atoms with Gasteiger partial charge in [-0.1, -0.05) is 36.4 Å². The second kappa shape index (κ2) is 6.88. The summed E-state index contributed by atoms with van der Waals surface area (Å²) in [5.74, 6) is 0. The fourth-order valence-corrected chi connectivity index (χ4v) is 2.93. The van der Waals surface area contributed by atoms with Crippen LogP contribution in [0.2, 0.25) is 0 Å². The minimum atomic E-state index is -0.561. The van der Waals surface area contributed by atoms with Crippen molar-refractivity contribution in [2.45, 2.75) is 19.6 Å². The first-order chi connectivity index (χ1) is 11.6. The number of aromatic nitrogens is 1. The molecule has 4 nitrogen and oxygen atoms in total. The molecule has 0 aliphatic heterocycles. The van der Waals surface area contributed by atoms with Gasteiger partial charge in [0.2, 0.25) is 0 Å². The van der Waals surface area contributed by atoms with Crippen LogP contribution in [0.25, 0.3) is 10.8 Å². The summed E-state index contributed by atoms with van der Waals surface area (Å²) < 4.78 is 1.89. The average Bonchev–Trinajstić information content (AvgIpc) is 2.89. The van der Waals surface area contributed by atoms with E-state index in [2.05, 4.69) is 23.5 Å². The van der Waals surface area contributed by atoms with E-state index in [1.54, 1.807) is 0 Å². The number of benzene rings is 2. The number of rotatable bonds is 5. The highest BCUT2D eigenvalue weighted by Crippen LogP contribution is 2.20. The lowest BCUT2D eigenvalue weighted by Gasteiger charge is -2.13. The molecule has 0 fully saturated rings. The van der Waals surface area contributed by atoms with Crippen LogP contribution in [0.3, 0.4) is 0 Å². The molecule has 1 atom stereocenters. The second-order valence-electron chi connectivity index (χ2n) is 6.06. The fraction of sp³-hybridized carbons (Fsp3) is 0.250. The van der Waals surface area contributed by atoms with Gasteiger partial charge in [0.1, 0.15) is 11.8 Å². The molecule has 0 aliphatic rings.